The summed E-state index contributed by atoms with van der Waals surface area (Å²) in [5.74, 6) is 0. The third-order valence-electron chi connectivity index (χ3n) is 2.42. The largest absolute Gasteiger partial charge is 0.268 e. The number of hydrogen-bond acceptors (Lipinski definition) is 3. The molecule has 1 heterocycles. The maximum Gasteiger partial charge on any atom is 0.267 e. The van der Waals surface area contributed by atoms with Crippen LogP contribution in [0.5, 0.6) is 0 Å². The van der Waals surface area contributed by atoms with Crippen LogP contribution >= 0.6 is 0 Å². The van der Waals surface area contributed by atoms with E-state index in [9.17, 15) is 4.79 Å². The predicted molar refractivity (Wildman–Crippen MR) is 68.7 cm³/mol. The number of nitrogens with zero attached hydrogens (tertiary/aromatic N) is 3. The summed E-state index contributed by atoms with van der Waals surface area (Å²) in [6.45, 7) is 0.446. The van der Waals surface area contributed by atoms with E-state index in [2.05, 4.69) is 5.10 Å². The number of nitriles is 1. The van der Waals surface area contributed by atoms with E-state index in [1.165, 1.54) is 16.8 Å². The van der Waals surface area contributed by atoms with Crippen LogP contribution in [0.15, 0.2) is 53.5 Å². The van der Waals surface area contributed by atoms with Gasteiger partial charge in [0.05, 0.1) is 18.8 Å². The second-order valence-corrected chi connectivity index (χ2v) is 3.73. The monoisotopic (exact) mass is 237 g/mol. The molecule has 0 N–H and O–H groups in total. The Kier molecular flexibility index (Phi) is 3.67. The van der Waals surface area contributed by atoms with Crippen molar-refractivity contribution < 1.29 is 0 Å². The smallest absolute Gasteiger partial charge is 0.267 e. The van der Waals surface area contributed by atoms with Crippen LogP contribution in [-0.4, -0.2) is 9.78 Å². The molecule has 0 fully saturated rings. The van der Waals surface area contributed by atoms with Crippen molar-refractivity contribution in [2.45, 2.75) is 6.54 Å². The van der Waals surface area contributed by atoms with E-state index < -0.39 is 0 Å². The quantitative estimate of drug-likeness (QED) is 0.765. The summed E-state index contributed by atoms with van der Waals surface area (Å²) in [6.07, 6.45) is 4.44. The highest BCUT2D eigenvalue weighted by molar-refractivity contribution is 5.49. The summed E-state index contributed by atoms with van der Waals surface area (Å²) in [5, 5.41) is 12.5. The van der Waals surface area contributed by atoms with Gasteiger partial charge in [-0.2, -0.15) is 10.4 Å². The maximum atomic E-state index is 11.8. The molecule has 0 unspecified atom stereocenters. The van der Waals surface area contributed by atoms with Gasteiger partial charge in [0, 0.05) is 17.7 Å². The van der Waals surface area contributed by atoms with Crippen LogP contribution in [0.2, 0.25) is 0 Å². The van der Waals surface area contributed by atoms with E-state index in [1.807, 2.05) is 36.4 Å². The highest BCUT2D eigenvalue weighted by atomic mass is 16.1. The first kappa shape index (κ1) is 11.8. The van der Waals surface area contributed by atoms with Gasteiger partial charge in [0.2, 0.25) is 0 Å². The lowest BCUT2D eigenvalue weighted by atomic mass is 10.2. The molecule has 1 aromatic heterocycles. The minimum Gasteiger partial charge on any atom is -0.268 e. The Morgan fingerprint density at radius 3 is 2.78 bits per heavy atom. The van der Waals surface area contributed by atoms with Crippen molar-refractivity contribution in [1.29, 1.82) is 5.26 Å². The van der Waals surface area contributed by atoms with E-state index >= 15 is 0 Å². The van der Waals surface area contributed by atoms with Crippen LogP contribution in [0.4, 0.5) is 0 Å². The van der Waals surface area contributed by atoms with Gasteiger partial charge in [-0.25, -0.2) is 4.68 Å². The van der Waals surface area contributed by atoms with Crippen LogP contribution in [0.25, 0.3) is 6.08 Å². The zero-order valence-corrected chi connectivity index (χ0v) is 9.65. The van der Waals surface area contributed by atoms with Gasteiger partial charge in [0.15, 0.2) is 0 Å². The Morgan fingerprint density at radius 1 is 1.33 bits per heavy atom. The fraction of sp³-hybridized carbons (Fsp3) is 0.0714. The number of hydrogen-bond donors (Lipinski definition) is 0. The molecular weight excluding hydrogens is 226 g/mol. The molecule has 4 nitrogen and oxygen atoms in total. The summed E-state index contributed by atoms with van der Waals surface area (Å²) in [5.41, 5.74) is 1.47. The van der Waals surface area contributed by atoms with Crippen LogP contribution in [0.1, 0.15) is 11.1 Å². The third-order valence-corrected chi connectivity index (χ3v) is 2.42. The van der Waals surface area contributed by atoms with Gasteiger partial charge in [-0.15, -0.1) is 0 Å². The van der Waals surface area contributed by atoms with E-state index in [0.29, 0.717) is 12.1 Å². The Bertz CT molecular complexity index is 651. The van der Waals surface area contributed by atoms with Gasteiger partial charge >= 0.3 is 0 Å². The first-order valence-corrected chi connectivity index (χ1v) is 5.47. The fourth-order valence-corrected chi connectivity index (χ4v) is 1.55. The van der Waals surface area contributed by atoms with Crippen molar-refractivity contribution >= 4 is 6.08 Å². The highest BCUT2D eigenvalue weighted by Gasteiger charge is 1.99. The Balaban J connectivity index is 2.24. The summed E-state index contributed by atoms with van der Waals surface area (Å²) < 4.78 is 1.39. The number of benzene rings is 1. The molecule has 0 aliphatic rings. The molecule has 0 aliphatic heterocycles. The fourth-order valence-electron chi connectivity index (χ4n) is 1.55. The number of aromatic nitrogens is 2. The van der Waals surface area contributed by atoms with Crippen LogP contribution in [0.3, 0.4) is 0 Å². The molecule has 0 saturated carbocycles. The molecule has 1 aromatic carbocycles. The van der Waals surface area contributed by atoms with Crippen molar-refractivity contribution in [3.63, 3.8) is 0 Å². The van der Waals surface area contributed by atoms with Gasteiger partial charge in [-0.05, 0) is 11.6 Å². The minimum atomic E-state index is -0.182. The van der Waals surface area contributed by atoms with Gasteiger partial charge in [-0.3, -0.25) is 4.79 Å². The van der Waals surface area contributed by atoms with Crippen molar-refractivity contribution in [2.75, 3.05) is 0 Å². The summed E-state index contributed by atoms with van der Waals surface area (Å²) >= 11 is 0. The lowest BCUT2D eigenvalue weighted by Gasteiger charge is -2.04. The number of allylic oxidation sites excluding steroid dienone is 1. The lowest BCUT2D eigenvalue weighted by Crippen LogP contribution is -2.22. The van der Waals surface area contributed by atoms with E-state index in [-0.39, 0.29) is 5.56 Å². The van der Waals surface area contributed by atoms with Crippen molar-refractivity contribution in [2.24, 2.45) is 0 Å². The molecule has 0 amide bonds. The molecule has 0 spiro atoms. The molecule has 88 valence electrons. The standard InChI is InChI=1S/C14H11N3O/c15-8-4-7-13-9-14(18)17(16-10-13)11-12-5-2-1-3-6-12/h1-7,9-10H,11H2/b7-4+. The summed E-state index contributed by atoms with van der Waals surface area (Å²) in [4.78, 5) is 11.8. The second-order valence-electron chi connectivity index (χ2n) is 3.73. The molecule has 0 radical (unpaired) electrons. The zero-order valence-electron chi connectivity index (χ0n) is 9.65. The van der Waals surface area contributed by atoms with Gasteiger partial charge < -0.3 is 0 Å². The average Bonchev–Trinajstić information content (AvgIpc) is 2.40. The van der Waals surface area contributed by atoms with Crippen LogP contribution < -0.4 is 5.56 Å². The predicted octanol–water partition coefficient (Wildman–Crippen LogP) is 1.83. The van der Waals surface area contributed by atoms with Gasteiger partial charge in [0.25, 0.3) is 5.56 Å². The van der Waals surface area contributed by atoms with Gasteiger partial charge in [0.1, 0.15) is 0 Å². The maximum absolute atomic E-state index is 11.8. The normalized spacial score (nSPS) is 10.4. The van der Waals surface area contributed by atoms with Gasteiger partial charge in [-0.1, -0.05) is 30.3 Å². The first-order valence-electron chi connectivity index (χ1n) is 5.47. The van der Waals surface area contributed by atoms with E-state index in [0.717, 1.165) is 5.56 Å². The summed E-state index contributed by atoms with van der Waals surface area (Å²) in [6, 6.07) is 13.0. The molecule has 0 atom stereocenters. The lowest BCUT2D eigenvalue weighted by molar-refractivity contribution is 0.638. The topological polar surface area (TPSA) is 58.7 Å². The SMILES string of the molecule is N#C/C=C/c1cnn(Cc2ccccc2)c(=O)c1. The molecule has 2 aromatic rings. The Labute approximate surface area is 104 Å². The molecule has 0 bridgehead atoms. The molecule has 18 heavy (non-hydrogen) atoms. The molecule has 2 rings (SSSR count). The Morgan fingerprint density at radius 2 is 2.11 bits per heavy atom. The van der Waals surface area contributed by atoms with Crippen LogP contribution in [0, 0.1) is 11.3 Å². The Hall–Kier alpha value is -2.67. The van der Waals surface area contributed by atoms with Crippen molar-refractivity contribution in [3.8, 4) is 6.07 Å². The minimum absolute atomic E-state index is 0.182. The van der Waals surface area contributed by atoms with E-state index in [1.54, 1.807) is 12.3 Å². The average molecular weight is 237 g/mol. The molecule has 4 heteroatoms. The van der Waals surface area contributed by atoms with E-state index in [4.69, 9.17) is 5.26 Å². The molecular formula is C14H11N3O. The third kappa shape index (κ3) is 2.92. The summed E-state index contributed by atoms with van der Waals surface area (Å²) in [7, 11) is 0. The molecule has 0 saturated heterocycles. The van der Waals surface area contributed by atoms with Crippen molar-refractivity contribution in [3.05, 3.63) is 70.2 Å². The molecule has 0 aliphatic carbocycles. The second kappa shape index (κ2) is 5.60. The first-order chi connectivity index (χ1) is 8.79. The van der Waals surface area contributed by atoms with Crippen LogP contribution in [-0.2, 0) is 6.54 Å². The zero-order chi connectivity index (χ0) is 12.8. The number of rotatable bonds is 3. The van der Waals surface area contributed by atoms with Crippen molar-refractivity contribution in [1.82, 2.24) is 9.78 Å². The highest BCUT2D eigenvalue weighted by Crippen LogP contribution is 2.00.